The molecule has 1 aliphatic heterocycles. The smallest absolute Gasteiger partial charge is 0.231 e. The lowest BCUT2D eigenvalue weighted by atomic mass is 9.76. The van der Waals surface area contributed by atoms with E-state index in [9.17, 15) is 18.9 Å². The Labute approximate surface area is 165 Å². The fourth-order valence-electron chi connectivity index (χ4n) is 3.29. The van der Waals surface area contributed by atoms with Crippen molar-refractivity contribution in [3.8, 4) is 12.1 Å². The molecule has 0 aliphatic carbocycles. The third kappa shape index (κ3) is 4.94. The molecule has 1 aromatic rings. The van der Waals surface area contributed by atoms with E-state index in [1.807, 2.05) is 19.1 Å². The summed E-state index contributed by atoms with van der Waals surface area (Å²) in [6.45, 7) is 1.98. The average molecular weight is 408 g/mol. The Bertz CT molecular complexity index is 829. The second-order valence-electron chi connectivity index (χ2n) is 6.70. The summed E-state index contributed by atoms with van der Waals surface area (Å²) in [4.78, 5) is 0. The Morgan fingerprint density at radius 2 is 1.81 bits per heavy atom. The molecule has 1 fully saturated rings. The molecule has 1 aromatic carbocycles. The maximum absolute atomic E-state index is 11.6. The molecule has 7 nitrogen and oxygen atoms in total. The summed E-state index contributed by atoms with van der Waals surface area (Å²) in [5.41, 5.74) is 7.73. The van der Waals surface area contributed by atoms with Crippen LogP contribution in [0.15, 0.2) is 24.3 Å². The minimum absolute atomic E-state index is 0.0560. The highest BCUT2D eigenvalue weighted by Gasteiger charge is 2.42. The summed E-state index contributed by atoms with van der Waals surface area (Å²) in [6, 6.07) is 11.9. The number of anilines is 1. The molecule has 0 radical (unpaired) electrons. The third-order valence-electron chi connectivity index (χ3n) is 4.99. The molecular formula is C18H25N5O2S2. The standard InChI is InChI=1S/C18H25N5O2S2/c1-4-14-15(9-19)17(21)22-18(16(14)10-20)26-11-12-5-7-13(8-6-12)23(2)27(3,24)25/h5-8,14-18,22H,4,11,21H2,1-3H3. The predicted octanol–water partition coefficient (Wildman–Crippen LogP) is 1.84. The first kappa shape index (κ1) is 21.5. The first-order valence-electron chi connectivity index (χ1n) is 8.68. The molecule has 3 N–H and O–H groups in total. The monoisotopic (exact) mass is 407 g/mol. The summed E-state index contributed by atoms with van der Waals surface area (Å²) in [5, 5.41) is 22.0. The van der Waals surface area contributed by atoms with E-state index in [1.165, 1.54) is 11.4 Å². The Balaban J connectivity index is 2.07. The Hall–Kier alpha value is -1.78. The fraction of sp³-hybridized carbons (Fsp3) is 0.556. The largest absolute Gasteiger partial charge is 0.315 e. The molecule has 1 heterocycles. The minimum Gasteiger partial charge on any atom is -0.315 e. The van der Waals surface area contributed by atoms with Gasteiger partial charge in [0.05, 0.1) is 47.5 Å². The van der Waals surface area contributed by atoms with Gasteiger partial charge in [0.15, 0.2) is 0 Å². The van der Waals surface area contributed by atoms with E-state index >= 15 is 0 Å². The van der Waals surface area contributed by atoms with Crippen LogP contribution >= 0.6 is 11.8 Å². The molecule has 0 amide bonds. The summed E-state index contributed by atoms with van der Waals surface area (Å²) < 4.78 is 24.4. The van der Waals surface area contributed by atoms with E-state index < -0.39 is 16.2 Å². The van der Waals surface area contributed by atoms with Gasteiger partial charge >= 0.3 is 0 Å². The number of sulfonamides is 1. The van der Waals surface area contributed by atoms with E-state index in [0.29, 0.717) is 11.4 Å². The van der Waals surface area contributed by atoms with Crippen LogP contribution in [0.5, 0.6) is 0 Å². The molecule has 146 valence electrons. The lowest BCUT2D eigenvalue weighted by Crippen LogP contribution is -2.58. The molecular weight excluding hydrogens is 382 g/mol. The lowest BCUT2D eigenvalue weighted by molar-refractivity contribution is 0.177. The Morgan fingerprint density at radius 1 is 1.22 bits per heavy atom. The van der Waals surface area contributed by atoms with Gasteiger partial charge in [0.2, 0.25) is 10.0 Å². The first-order chi connectivity index (χ1) is 12.7. The van der Waals surface area contributed by atoms with Crippen LogP contribution in [-0.2, 0) is 15.8 Å². The van der Waals surface area contributed by atoms with Gasteiger partial charge in [-0.1, -0.05) is 25.5 Å². The number of piperidine rings is 1. The molecule has 0 saturated carbocycles. The lowest BCUT2D eigenvalue weighted by Gasteiger charge is -2.41. The van der Waals surface area contributed by atoms with Crippen LogP contribution in [0.25, 0.3) is 0 Å². The quantitative estimate of drug-likeness (QED) is 0.737. The van der Waals surface area contributed by atoms with Crippen LogP contribution in [0, 0.1) is 40.4 Å². The van der Waals surface area contributed by atoms with Crippen LogP contribution in [0.3, 0.4) is 0 Å². The number of nitrogens with zero attached hydrogens (tertiary/aromatic N) is 3. The predicted molar refractivity (Wildman–Crippen MR) is 108 cm³/mol. The zero-order chi connectivity index (χ0) is 20.2. The Kier molecular flexibility index (Phi) is 7.12. The second kappa shape index (κ2) is 8.94. The van der Waals surface area contributed by atoms with Gasteiger partial charge < -0.3 is 5.73 Å². The fourth-order valence-corrected chi connectivity index (χ4v) is 5.08. The SMILES string of the molecule is CCC1C(C#N)C(N)NC(SCc2ccc(N(C)S(C)(=O)=O)cc2)C1C#N. The summed E-state index contributed by atoms with van der Waals surface area (Å²) in [6.07, 6.45) is 1.44. The molecule has 0 bridgehead atoms. The van der Waals surface area contributed by atoms with E-state index in [4.69, 9.17) is 5.73 Å². The molecule has 5 atom stereocenters. The normalized spacial score (nSPS) is 28.1. The molecule has 2 rings (SSSR count). The maximum atomic E-state index is 11.6. The van der Waals surface area contributed by atoms with E-state index in [1.54, 1.807) is 23.9 Å². The van der Waals surface area contributed by atoms with E-state index in [-0.39, 0.29) is 23.1 Å². The van der Waals surface area contributed by atoms with Crippen molar-refractivity contribution in [1.82, 2.24) is 5.32 Å². The van der Waals surface area contributed by atoms with Crippen LogP contribution in [-0.4, -0.2) is 33.3 Å². The summed E-state index contributed by atoms with van der Waals surface area (Å²) in [5.74, 6) is -0.0685. The molecule has 5 unspecified atom stereocenters. The number of hydrogen-bond acceptors (Lipinski definition) is 7. The van der Waals surface area contributed by atoms with Crippen molar-refractivity contribution in [3.05, 3.63) is 29.8 Å². The first-order valence-corrected chi connectivity index (χ1v) is 11.6. The van der Waals surface area contributed by atoms with Crippen molar-refractivity contribution < 1.29 is 8.42 Å². The molecule has 0 aromatic heterocycles. The van der Waals surface area contributed by atoms with Crippen molar-refractivity contribution in [2.45, 2.75) is 30.6 Å². The van der Waals surface area contributed by atoms with Crippen molar-refractivity contribution in [3.63, 3.8) is 0 Å². The van der Waals surface area contributed by atoms with E-state index in [2.05, 4.69) is 17.5 Å². The van der Waals surface area contributed by atoms with Crippen LogP contribution in [0.1, 0.15) is 18.9 Å². The van der Waals surface area contributed by atoms with Crippen molar-refractivity contribution in [1.29, 1.82) is 10.5 Å². The zero-order valence-corrected chi connectivity index (χ0v) is 17.3. The van der Waals surface area contributed by atoms with E-state index in [0.717, 1.165) is 18.2 Å². The number of nitriles is 2. The van der Waals surface area contributed by atoms with Gasteiger partial charge in [-0.2, -0.15) is 10.5 Å². The van der Waals surface area contributed by atoms with Gasteiger partial charge in [0, 0.05) is 12.8 Å². The molecule has 1 aliphatic rings. The Morgan fingerprint density at radius 3 is 2.30 bits per heavy atom. The van der Waals surface area contributed by atoms with Gasteiger partial charge in [-0.05, 0) is 23.6 Å². The molecule has 9 heteroatoms. The summed E-state index contributed by atoms with van der Waals surface area (Å²) >= 11 is 1.58. The second-order valence-corrected chi connectivity index (χ2v) is 9.85. The molecule has 0 spiro atoms. The molecule has 1 saturated heterocycles. The number of nitrogens with one attached hydrogen (secondary N) is 1. The number of thioether (sulfide) groups is 1. The van der Waals surface area contributed by atoms with Gasteiger partial charge in [0.25, 0.3) is 0 Å². The average Bonchev–Trinajstić information content (AvgIpc) is 2.64. The number of benzene rings is 1. The van der Waals surface area contributed by atoms with Gasteiger partial charge in [0.1, 0.15) is 0 Å². The number of rotatable bonds is 6. The number of nitrogens with two attached hydrogens (primary N) is 1. The minimum atomic E-state index is -3.29. The highest BCUT2D eigenvalue weighted by Crippen LogP contribution is 2.37. The van der Waals surface area contributed by atoms with Gasteiger partial charge in [-0.3, -0.25) is 9.62 Å². The van der Waals surface area contributed by atoms with Crippen molar-refractivity contribution >= 4 is 27.5 Å². The topological polar surface area (TPSA) is 123 Å². The van der Waals surface area contributed by atoms with Gasteiger partial charge in [-0.25, -0.2) is 8.42 Å². The van der Waals surface area contributed by atoms with Gasteiger partial charge in [-0.15, -0.1) is 11.8 Å². The maximum Gasteiger partial charge on any atom is 0.231 e. The highest BCUT2D eigenvalue weighted by atomic mass is 32.2. The van der Waals surface area contributed by atoms with Crippen LogP contribution in [0.4, 0.5) is 5.69 Å². The summed E-state index contributed by atoms with van der Waals surface area (Å²) in [7, 11) is -1.78. The molecule has 27 heavy (non-hydrogen) atoms. The van der Waals surface area contributed by atoms with Crippen molar-refractivity contribution in [2.24, 2.45) is 23.5 Å². The van der Waals surface area contributed by atoms with Crippen molar-refractivity contribution in [2.75, 3.05) is 17.6 Å². The zero-order valence-electron chi connectivity index (χ0n) is 15.7. The van der Waals surface area contributed by atoms with Crippen LogP contribution < -0.4 is 15.4 Å². The number of hydrogen-bond donors (Lipinski definition) is 2. The van der Waals surface area contributed by atoms with Crippen LogP contribution in [0.2, 0.25) is 0 Å². The highest BCUT2D eigenvalue weighted by molar-refractivity contribution is 7.99. The third-order valence-corrected chi connectivity index (χ3v) is 7.48.